The maximum Gasteiger partial charge on any atom is 0.338 e. The molecule has 122 valence electrons. The molecule has 0 N–H and O–H groups in total. The van der Waals surface area contributed by atoms with Gasteiger partial charge in [0.25, 0.3) is 5.69 Å². The second-order valence-electron chi connectivity index (χ2n) is 4.99. The van der Waals surface area contributed by atoms with Crippen LogP contribution in [0.3, 0.4) is 0 Å². The van der Waals surface area contributed by atoms with E-state index < -0.39 is 10.9 Å². The van der Waals surface area contributed by atoms with E-state index >= 15 is 0 Å². The Balaban J connectivity index is 1.68. The first-order chi connectivity index (χ1) is 11.5. The predicted molar refractivity (Wildman–Crippen MR) is 92.4 cm³/mol. The van der Waals surface area contributed by atoms with E-state index in [2.05, 4.69) is 4.98 Å². The molecule has 0 radical (unpaired) electrons. The molecule has 3 aromatic rings. The Labute approximate surface area is 145 Å². The number of aromatic nitrogens is 1. The highest BCUT2D eigenvalue weighted by molar-refractivity contribution is 7.14. The molecule has 0 amide bonds. The summed E-state index contributed by atoms with van der Waals surface area (Å²) in [5.41, 5.74) is 2.24. The summed E-state index contributed by atoms with van der Waals surface area (Å²) in [5.74, 6) is -0.608. The van der Waals surface area contributed by atoms with Crippen LogP contribution in [0.4, 0.5) is 5.69 Å². The maximum absolute atomic E-state index is 12.1. The van der Waals surface area contributed by atoms with Crippen LogP contribution in [0, 0.1) is 17.0 Å². The zero-order valence-electron chi connectivity index (χ0n) is 12.6. The van der Waals surface area contributed by atoms with Crippen LogP contribution in [-0.4, -0.2) is 15.9 Å². The number of thiophene rings is 1. The van der Waals surface area contributed by atoms with Gasteiger partial charge in [0.05, 0.1) is 16.2 Å². The van der Waals surface area contributed by atoms with Crippen molar-refractivity contribution in [3.8, 4) is 10.6 Å². The molecule has 0 saturated heterocycles. The summed E-state index contributed by atoms with van der Waals surface area (Å²) < 4.78 is 5.20. The lowest BCUT2D eigenvalue weighted by Crippen LogP contribution is -2.06. The second-order valence-corrected chi connectivity index (χ2v) is 6.63. The van der Waals surface area contributed by atoms with Gasteiger partial charge >= 0.3 is 5.97 Å². The van der Waals surface area contributed by atoms with Gasteiger partial charge in [-0.3, -0.25) is 10.1 Å². The zero-order valence-corrected chi connectivity index (χ0v) is 14.2. The lowest BCUT2D eigenvalue weighted by molar-refractivity contribution is -0.385. The number of ether oxygens (including phenoxy) is 1. The third-order valence-corrected chi connectivity index (χ3v) is 4.94. The number of thiazole rings is 1. The average Bonchev–Trinajstić information content (AvgIpc) is 3.24. The van der Waals surface area contributed by atoms with E-state index in [1.54, 1.807) is 18.3 Å². The van der Waals surface area contributed by atoms with E-state index in [0.717, 1.165) is 10.6 Å². The first-order valence-electron chi connectivity index (χ1n) is 6.94. The number of esters is 1. The van der Waals surface area contributed by atoms with E-state index in [0.29, 0.717) is 11.3 Å². The molecule has 0 aliphatic carbocycles. The molecule has 0 aliphatic heterocycles. The van der Waals surface area contributed by atoms with Gasteiger partial charge in [-0.2, -0.15) is 11.3 Å². The molecule has 0 bridgehead atoms. The van der Waals surface area contributed by atoms with Crippen LogP contribution < -0.4 is 0 Å². The molecule has 0 aliphatic rings. The summed E-state index contributed by atoms with van der Waals surface area (Å²) >= 11 is 3.07. The van der Waals surface area contributed by atoms with Crippen molar-refractivity contribution in [2.75, 3.05) is 0 Å². The Hall–Kier alpha value is -2.58. The summed E-state index contributed by atoms with van der Waals surface area (Å²) in [5, 5.41) is 17.6. The average molecular weight is 360 g/mol. The van der Waals surface area contributed by atoms with E-state index in [1.807, 2.05) is 22.2 Å². The van der Waals surface area contributed by atoms with Gasteiger partial charge in [-0.15, -0.1) is 11.3 Å². The minimum Gasteiger partial charge on any atom is -0.456 e. The molecular formula is C16H12N2O4S2. The van der Waals surface area contributed by atoms with Crippen LogP contribution in [-0.2, 0) is 11.3 Å². The van der Waals surface area contributed by atoms with Crippen molar-refractivity contribution in [2.45, 2.75) is 13.5 Å². The number of nitrogens with zero attached hydrogens (tertiary/aromatic N) is 2. The summed E-state index contributed by atoms with van der Waals surface area (Å²) in [6.45, 7) is 1.65. The first-order valence-corrected chi connectivity index (χ1v) is 8.76. The number of carbonyl (C=O) groups is 1. The van der Waals surface area contributed by atoms with Gasteiger partial charge in [-0.1, -0.05) is 6.07 Å². The number of nitro groups is 1. The topological polar surface area (TPSA) is 82.3 Å². The van der Waals surface area contributed by atoms with E-state index in [-0.39, 0.29) is 17.9 Å². The predicted octanol–water partition coefficient (Wildman–Crippen LogP) is 4.45. The van der Waals surface area contributed by atoms with Crippen LogP contribution in [0.1, 0.15) is 21.6 Å². The third-order valence-electron chi connectivity index (χ3n) is 3.31. The third kappa shape index (κ3) is 3.50. The van der Waals surface area contributed by atoms with Crippen molar-refractivity contribution in [3.63, 3.8) is 0 Å². The van der Waals surface area contributed by atoms with Gasteiger partial charge < -0.3 is 4.74 Å². The molecule has 3 rings (SSSR count). The van der Waals surface area contributed by atoms with Crippen molar-refractivity contribution < 1.29 is 14.5 Å². The quantitative estimate of drug-likeness (QED) is 0.381. The second kappa shape index (κ2) is 6.90. The first kappa shape index (κ1) is 16.3. The number of hydrogen-bond donors (Lipinski definition) is 0. The van der Waals surface area contributed by atoms with Crippen molar-refractivity contribution in [3.05, 3.63) is 67.3 Å². The lowest BCUT2D eigenvalue weighted by atomic mass is 10.1. The molecule has 0 atom stereocenters. The van der Waals surface area contributed by atoms with E-state index in [1.165, 1.54) is 29.5 Å². The Morgan fingerprint density at radius 1 is 1.33 bits per heavy atom. The SMILES string of the molecule is Cc1ccc(C(=O)OCc2csc(-c3ccsc3)n2)cc1[N+](=O)[O-]. The van der Waals surface area contributed by atoms with E-state index in [4.69, 9.17) is 4.74 Å². The minimum atomic E-state index is -0.608. The number of hydrogen-bond acceptors (Lipinski definition) is 7. The van der Waals surface area contributed by atoms with Crippen molar-refractivity contribution in [1.29, 1.82) is 0 Å². The highest BCUT2D eigenvalue weighted by Crippen LogP contribution is 2.26. The van der Waals surface area contributed by atoms with Crippen LogP contribution in [0.5, 0.6) is 0 Å². The largest absolute Gasteiger partial charge is 0.456 e. The molecule has 2 heterocycles. The van der Waals surface area contributed by atoms with Crippen molar-refractivity contribution >= 4 is 34.3 Å². The summed E-state index contributed by atoms with van der Waals surface area (Å²) in [6.07, 6.45) is 0. The highest BCUT2D eigenvalue weighted by Gasteiger charge is 2.16. The fraction of sp³-hybridized carbons (Fsp3) is 0.125. The normalized spacial score (nSPS) is 10.5. The Morgan fingerprint density at radius 2 is 2.17 bits per heavy atom. The van der Waals surface area contributed by atoms with Crippen LogP contribution in [0.25, 0.3) is 10.6 Å². The Kier molecular flexibility index (Phi) is 4.68. The molecule has 0 spiro atoms. The van der Waals surface area contributed by atoms with Crippen molar-refractivity contribution in [2.24, 2.45) is 0 Å². The number of nitro benzene ring substituents is 1. The number of rotatable bonds is 5. The zero-order chi connectivity index (χ0) is 17.1. The molecule has 0 fully saturated rings. The molecule has 0 saturated carbocycles. The van der Waals surface area contributed by atoms with Gasteiger partial charge in [0.2, 0.25) is 0 Å². The number of carbonyl (C=O) groups excluding carboxylic acids is 1. The molecule has 24 heavy (non-hydrogen) atoms. The monoisotopic (exact) mass is 360 g/mol. The molecule has 2 aromatic heterocycles. The number of aryl methyl sites for hydroxylation is 1. The molecule has 6 nitrogen and oxygen atoms in total. The standard InChI is InChI=1S/C16H12N2O4S2/c1-10-2-3-11(6-14(10)18(20)21)16(19)22-7-13-9-24-15(17-13)12-4-5-23-8-12/h2-6,8-9H,7H2,1H3. The van der Waals surface area contributed by atoms with Crippen LogP contribution in [0.15, 0.2) is 40.4 Å². The lowest BCUT2D eigenvalue weighted by Gasteiger charge is -2.04. The highest BCUT2D eigenvalue weighted by atomic mass is 32.1. The van der Waals surface area contributed by atoms with Crippen molar-refractivity contribution in [1.82, 2.24) is 4.98 Å². The molecule has 0 unspecified atom stereocenters. The summed E-state index contributed by atoms with van der Waals surface area (Å²) in [7, 11) is 0. The van der Waals surface area contributed by atoms with Crippen LogP contribution in [0.2, 0.25) is 0 Å². The smallest absolute Gasteiger partial charge is 0.338 e. The van der Waals surface area contributed by atoms with Gasteiger partial charge in [0.15, 0.2) is 0 Å². The van der Waals surface area contributed by atoms with Gasteiger partial charge in [0, 0.05) is 28.0 Å². The van der Waals surface area contributed by atoms with Crippen LogP contribution >= 0.6 is 22.7 Å². The summed E-state index contributed by atoms with van der Waals surface area (Å²) in [6, 6.07) is 6.26. The Bertz CT molecular complexity index is 887. The van der Waals surface area contributed by atoms with E-state index in [9.17, 15) is 14.9 Å². The summed E-state index contributed by atoms with van der Waals surface area (Å²) in [4.78, 5) is 26.9. The molecular weight excluding hydrogens is 348 g/mol. The fourth-order valence-electron chi connectivity index (χ4n) is 2.05. The number of benzene rings is 1. The molecule has 8 heteroatoms. The maximum atomic E-state index is 12.1. The fourth-order valence-corrected chi connectivity index (χ4v) is 3.56. The van der Waals surface area contributed by atoms with Gasteiger partial charge in [-0.05, 0) is 24.4 Å². The molecule has 1 aromatic carbocycles. The van der Waals surface area contributed by atoms with Gasteiger partial charge in [0.1, 0.15) is 11.6 Å². The van der Waals surface area contributed by atoms with Gasteiger partial charge in [-0.25, -0.2) is 9.78 Å². The minimum absolute atomic E-state index is 0.0289. The Morgan fingerprint density at radius 3 is 2.88 bits per heavy atom.